The van der Waals surface area contributed by atoms with Gasteiger partial charge in [-0.25, -0.2) is 9.78 Å². The fourth-order valence-corrected chi connectivity index (χ4v) is 2.87. The number of nitrogens with zero attached hydrogens (tertiary/aromatic N) is 2. The van der Waals surface area contributed by atoms with Gasteiger partial charge in [0, 0.05) is 30.2 Å². The van der Waals surface area contributed by atoms with Crippen LogP contribution >= 0.6 is 11.3 Å². The van der Waals surface area contributed by atoms with E-state index in [0.717, 1.165) is 10.7 Å². The second-order valence-corrected chi connectivity index (χ2v) is 7.19. The van der Waals surface area contributed by atoms with E-state index in [2.05, 4.69) is 22.6 Å². The van der Waals surface area contributed by atoms with Gasteiger partial charge in [-0.2, -0.15) is 0 Å². The molecule has 1 aliphatic rings. The number of aryl methyl sites for hydroxylation is 1. The lowest BCUT2D eigenvalue weighted by Crippen LogP contribution is -2.60. The minimum absolute atomic E-state index is 0.222. The number of hydrogen-bond donors (Lipinski definition) is 1. The van der Waals surface area contributed by atoms with Gasteiger partial charge in [-0.05, 0) is 34.6 Å². The van der Waals surface area contributed by atoms with Crippen LogP contribution in [0.5, 0.6) is 0 Å². The van der Waals surface area contributed by atoms with Crippen molar-refractivity contribution < 1.29 is 9.53 Å². The molecule has 1 N–H and O–H groups in total. The average molecular weight is 297 g/mol. The standard InChI is InChI=1S/C14H23N3O2S/c1-9-8-20-12(15-9)10(2)16-11-6-17(7-11)13(18)19-14(3,4)5/h8,10-11,16H,6-7H2,1-5H3. The maximum atomic E-state index is 11.8. The molecule has 0 aliphatic carbocycles. The molecule has 1 saturated heterocycles. The quantitative estimate of drug-likeness (QED) is 0.932. The van der Waals surface area contributed by atoms with Gasteiger partial charge in [0.15, 0.2) is 0 Å². The number of thiazole rings is 1. The average Bonchev–Trinajstić information content (AvgIpc) is 2.66. The van der Waals surface area contributed by atoms with Crippen LogP contribution in [-0.4, -0.2) is 40.7 Å². The summed E-state index contributed by atoms with van der Waals surface area (Å²) < 4.78 is 5.33. The number of hydrogen-bond acceptors (Lipinski definition) is 5. The van der Waals surface area contributed by atoms with Crippen LogP contribution in [0.15, 0.2) is 5.38 Å². The van der Waals surface area contributed by atoms with Crippen LogP contribution in [-0.2, 0) is 4.74 Å². The summed E-state index contributed by atoms with van der Waals surface area (Å²) in [5.74, 6) is 0. The van der Waals surface area contributed by atoms with E-state index in [1.165, 1.54) is 0 Å². The molecule has 5 nitrogen and oxygen atoms in total. The number of nitrogens with one attached hydrogen (secondary N) is 1. The van der Waals surface area contributed by atoms with Crippen LogP contribution in [0.3, 0.4) is 0 Å². The Labute approximate surface area is 124 Å². The predicted molar refractivity (Wildman–Crippen MR) is 80.0 cm³/mol. The molecule has 6 heteroatoms. The van der Waals surface area contributed by atoms with Crippen molar-refractivity contribution in [2.24, 2.45) is 0 Å². The number of ether oxygens (including phenoxy) is 1. The summed E-state index contributed by atoms with van der Waals surface area (Å²) in [5.41, 5.74) is 0.629. The van der Waals surface area contributed by atoms with Crippen molar-refractivity contribution in [1.29, 1.82) is 0 Å². The van der Waals surface area contributed by atoms with E-state index >= 15 is 0 Å². The summed E-state index contributed by atoms with van der Waals surface area (Å²) >= 11 is 1.67. The highest BCUT2D eigenvalue weighted by Gasteiger charge is 2.34. The summed E-state index contributed by atoms with van der Waals surface area (Å²) in [7, 11) is 0. The van der Waals surface area contributed by atoms with E-state index in [4.69, 9.17) is 4.74 Å². The molecule has 0 aromatic carbocycles. The van der Waals surface area contributed by atoms with Crippen molar-refractivity contribution in [3.63, 3.8) is 0 Å². The minimum Gasteiger partial charge on any atom is -0.444 e. The van der Waals surface area contributed by atoms with Gasteiger partial charge >= 0.3 is 6.09 Å². The van der Waals surface area contributed by atoms with Gasteiger partial charge in [0.25, 0.3) is 0 Å². The highest BCUT2D eigenvalue weighted by molar-refractivity contribution is 7.09. The van der Waals surface area contributed by atoms with E-state index in [1.54, 1.807) is 16.2 Å². The summed E-state index contributed by atoms with van der Waals surface area (Å²) in [5, 5.41) is 6.64. The van der Waals surface area contributed by atoms with Gasteiger partial charge in [-0.1, -0.05) is 0 Å². The molecule has 1 fully saturated rings. The van der Waals surface area contributed by atoms with Crippen molar-refractivity contribution >= 4 is 17.4 Å². The molecule has 0 spiro atoms. The molecular weight excluding hydrogens is 274 g/mol. The lowest BCUT2D eigenvalue weighted by molar-refractivity contribution is 0.00434. The van der Waals surface area contributed by atoms with Crippen LogP contribution in [0.2, 0.25) is 0 Å². The van der Waals surface area contributed by atoms with Crippen molar-refractivity contribution in [2.45, 2.75) is 52.3 Å². The van der Waals surface area contributed by atoms with E-state index < -0.39 is 5.60 Å². The number of carbonyl (C=O) groups is 1. The van der Waals surface area contributed by atoms with Gasteiger partial charge in [0.1, 0.15) is 10.6 Å². The zero-order valence-electron chi connectivity index (χ0n) is 12.8. The highest BCUT2D eigenvalue weighted by Crippen LogP contribution is 2.21. The van der Waals surface area contributed by atoms with Crippen molar-refractivity contribution in [2.75, 3.05) is 13.1 Å². The smallest absolute Gasteiger partial charge is 0.410 e. The van der Waals surface area contributed by atoms with Crippen LogP contribution in [0.4, 0.5) is 4.79 Å². The molecule has 1 amide bonds. The first kappa shape index (κ1) is 15.3. The van der Waals surface area contributed by atoms with Crippen molar-refractivity contribution in [3.05, 3.63) is 16.1 Å². The van der Waals surface area contributed by atoms with Crippen LogP contribution in [0.1, 0.15) is 44.4 Å². The Morgan fingerprint density at radius 2 is 2.20 bits per heavy atom. The zero-order valence-corrected chi connectivity index (χ0v) is 13.6. The van der Waals surface area contributed by atoms with E-state index in [0.29, 0.717) is 19.1 Å². The molecule has 1 aromatic rings. The molecule has 0 bridgehead atoms. The number of carbonyl (C=O) groups excluding carboxylic acids is 1. The lowest BCUT2D eigenvalue weighted by atomic mass is 10.1. The predicted octanol–water partition coefficient (Wildman–Crippen LogP) is 2.72. The Kier molecular flexibility index (Phi) is 4.34. The van der Waals surface area contributed by atoms with Gasteiger partial charge in [0.2, 0.25) is 0 Å². The SMILES string of the molecule is Cc1csc(C(C)NC2CN(C(=O)OC(C)(C)C)C2)n1. The number of amides is 1. The molecule has 0 radical (unpaired) electrons. The summed E-state index contributed by atoms with van der Waals surface area (Å²) in [6.07, 6.45) is -0.228. The number of likely N-dealkylation sites (tertiary alicyclic amines) is 1. The Bertz CT molecular complexity index is 475. The third-order valence-corrected chi connectivity index (χ3v) is 4.17. The Balaban J connectivity index is 1.75. The third-order valence-electron chi connectivity index (χ3n) is 3.03. The summed E-state index contributed by atoms with van der Waals surface area (Å²) in [6, 6.07) is 0.543. The zero-order chi connectivity index (χ0) is 14.9. The Hall–Kier alpha value is -1.14. The lowest BCUT2D eigenvalue weighted by Gasteiger charge is -2.41. The van der Waals surface area contributed by atoms with Gasteiger partial charge in [-0.15, -0.1) is 11.3 Å². The third kappa shape index (κ3) is 3.93. The van der Waals surface area contributed by atoms with Crippen LogP contribution in [0.25, 0.3) is 0 Å². The fourth-order valence-electron chi connectivity index (χ4n) is 2.06. The van der Waals surface area contributed by atoms with Crippen molar-refractivity contribution in [3.8, 4) is 0 Å². The molecule has 1 aliphatic heterocycles. The Morgan fingerprint density at radius 3 is 2.70 bits per heavy atom. The first-order chi connectivity index (χ1) is 9.24. The second kappa shape index (κ2) is 5.69. The molecule has 2 rings (SSSR count). The van der Waals surface area contributed by atoms with Gasteiger partial charge in [0.05, 0.1) is 6.04 Å². The second-order valence-electron chi connectivity index (χ2n) is 6.30. The largest absolute Gasteiger partial charge is 0.444 e. The van der Waals surface area contributed by atoms with E-state index in [9.17, 15) is 4.79 Å². The molecule has 20 heavy (non-hydrogen) atoms. The van der Waals surface area contributed by atoms with E-state index in [1.807, 2.05) is 27.7 Å². The molecule has 2 heterocycles. The first-order valence-electron chi connectivity index (χ1n) is 6.90. The number of rotatable bonds is 3. The molecule has 1 unspecified atom stereocenters. The van der Waals surface area contributed by atoms with Crippen LogP contribution < -0.4 is 5.32 Å². The Morgan fingerprint density at radius 1 is 1.55 bits per heavy atom. The molecule has 112 valence electrons. The highest BCUT2D eigenvalue weighted by atomic mass is 32.1. The fraction of sp³-hybridized carbons (Fsp3) is 0.714. The molecule has 1 atom stereocenters. The first-order valence-corrected chi connectivity index (χ1v) is 7.78. The molecule has 0 saturated carbocycles. The monoisotopic (exact) mass is 297 g/mol. The molecular formula is C14H23N3O2S. The van der Waals surface area contributed by atoms with Crippen molar-refractivity contribution in [1.82, 2.24) is 15.2 Å². The normalized spacial score (nSPS) is 17.8. The maximum absolute atomic E-state index is 11.8. The van der Waals surface area contributed by atoms with E-state index in [-0.39, 0.29) is 12.1 Å². The molecule has 1 aromatic heterocycles. The number of aromatic nitrogens is 1. The van der Waals surface area contributed by atoms with Gasteiger partial charge < -0.3 is 15.0 Å². The minimum atomic E-state index is -0.429. The topological polar surface area (TPSA) is 54.5 Å². The summed E-state index contributed by atoms with van der Waals surface area (Å²) in [4.78, 5) is 18.0. The summed E-state index contributed by atoms with van der Waals surface area (Å²) in [6.45, 7) is 11.1. The van der Waals surface area contributed by atoms with Crippen LogP contribution in [0, 0.1) is 6.92 Å². The maximum Gasteiger partial charge on any atom is 0.410 e. The van der Waals surface area contributed by atoms with Gasteiger partial charge in [-0.3, -0.25) is 0 Å².